The van der Waals surface area contributed by atoms with Gasteiger partial charge in [-0.15, -0.1) is 0 Å². The highest BCUT2D eigenvalue weighted by atomic mass is 16.3. The van der Waals surface area contributed by atoms with E-state index in [-0.39, 0.29) is 17.9 Å². The maximum Gasteiger partial charge on any atom is 0.239 e. The summed E-state index contributed by atoms with van der Waals surface area (Å²) in [5, 5.41) is 2.93. The van der Waals surface area contributed by atoms with Crippen LogP contribution in [-0.2, 0) is 9.59 Å². The maximum absolute atomic E-state index is 12.8. The van der Waals surface area contributed by atoms with Gasteiger partial charge in [-0.1, -0.05) is 6.07 Å². The molecular weight excluding hydrogens is 342 g/mol. The van der Waals surface area contributed by atoms with Crippen LogP contribution < -0.4 is 10.2 Å². The van der Waals surface area contributed by atoms with Gasteiger partial charge in [-0.3, -0.25) is 14.5 Å². The predicted molar refractivity (Wildman–Crippen MR) is 105 cm³/mol. The number of rotatable bonds is 6. The summed E-state index contributed by atoms with van der Waals surface area (Å²) >= 11 is 0. The van der Waals surface area contributed by atoms with Crippen molar-refractivity contribution in [1.29, 1.82) is 0 Å². The standard InChI is InChI=1S/C21H27N3O3/c1-14-7-8-16(12-15(14)2)24-10-9-17(21(24)26)20(25)22-13-18(23(3)4)19-6-5-11-27-19/h5-8,11-12,17-18H,9-10,13H2,1-4H3,(H,22,25). The van der Waals surface area contributed by atoms with Crippen LogP contribution in [0.1, 0.15) is 29.3 Å². The van der Waals surface area contributed by atoms with E-state index in [0.29, 0.717) is 19.5 Å². The summed E-state index contributed by atoms with van der Waals surface area (Å²) in [7, 11) is 3.86. The fourth-order valence-electron chi connectivity index (χ4n) is 3.41. The van der Waals surface area contributed by atoms with Gasteiger partial charge in [-0.05, 0) is 69.8 Å². The fraction of sp³-hybridized carbons (Fsp3) is 0.429. The molecule has 1 saturated heterocycles. The van der Waals surface area contributed by atoms with E-state index in [1.165, 1.54) is 5.56 Å². The molecule has 1 aromatic heterocycles. The van der Waals surface area contributed by atoms with Gasteiger partial charge in [0.2, 0.25) is 11.8 Å². The first-order chi connectivity index (χ1) is 12.9. The average Bonchev–Trinajstić information content (AvgIpc) is 3.27. The van der Waals surface area contributed by atoms with E-state index in [9.17, 15) is 9.59 Å². The maximum atomic E-state index is 12.8. The summed E-state index contributed by atoms with van der Waals surface area (Å²) in [5.41, 5.74) is 3.19. The second-order valence-electron chi connectivity index (χ2n) is 7.34. The lowest BCUT2D eigenvalue weighted by atomic mass is 10.1. The Hall–Kier alpha value is -2.60. The van der Waals surface area contributed by atoms with Crippen LogP contribution in [0.15, 0.2) is 41.0 Å². The highest BCUT2D eigenvalue weighted by Gasteiger charge is 2.37. The predicted octanol–water partition coefficient (Wildman–Crippen LogP) is 2.67. The van der Waals surface area contributed by atoms with Crippen LogP contribution in [0.2, 0.25) is 0 Å². The SMILES string of the molecule is Cc1ccc(N2CCC(C(=O)NCC(c3ccco3)N(C)C)C2=O)cc1C. The van der Waals surface area contributed by atoms with Crippen LogP contribution in [-0.4, -0.2) is 43.9 Å². The molecule has 1 aromatic carbocycles. The summed E-state index contributed by atoms with van der Waals surface area (Å²) < 4.78 is 5.46. The Morgan fingerprint density at radius 3 is 2.70 bits per heavy atom. The highest BCUT2D eigenvalue weighted by molar-refractivity contribution is 6.09. The largest absolute Gasteiger partial charge is 0.468 e. The molecule has 0 spiro atoms. The second kappa shape index (κ2) is 7.96. The molecule has 0 bridgehead atoms. The molecule has 2 aromatic rings. The lowest BCUT2D eigenvalue weighted by Gasteiger charge is -2.23. The Morgan fingerprint density at radius 2 is 2.07 bits per heavy atom. The van der Waals surface area contributed by atoms with Gasteiger partial charge in [0.25, 0.3) is 0 Å². The van der Waals surface area contributed by atoms with Gasteiger partial charge in [-0.2, -0.15) is 0 Å². The minimum absolute atomic E-state index is 0.0729. The van der Waals surface area contributed by atoms with Gasteiger partial charge < -0.3 is 14.6 Å². The Labute approximate surface area is 160 Å². The third-order valence-corrected chi connectivity index (χ3v) is 5.29. The molecule has 27 heavy (non-hydrogen) atoms. The van der Waals surface area contributed by atoms with E-state index in [2.05, 4.69) is 5.32 Å². The molecule has 6 nitrogen and oxygen atoms in total. The van der Waals surface area contributed by atoms with Gasteiger partial charge in [-0.25, -0.2) is 0 Å². The first-order valence-electron chi connectivity index (χ1n) is 9.24. The highest BCUT2D eigenvalue weighted by Crippen LogP contribution is 2.27. The number of aryl methyl sites for hydroxylation is 2. The molecule has 0 saturated carbocycles. The van der Waals surface area contributed by atoms with Crippen LogP contribution in [0.25, 0.3) is 0 Å². The number of anilines is 1. The zero-order valence-electron chi connectivity index (χ0n) is 16.4. The molecule has 144 valence electrons. The van der Waals surface area contributed by atoms with Gasteiger partial charge in [0.15, 0.2) is 0 Å². The van der Waals surface area contributed by atoms with E-state index in [1.54, 1.807) is 11.2 Å². The van der Waals surface area contributed by atoms with Crippen molar-refractivity contribution in [2.45, 2.75) is 26.3 Å². The van der Waals surface area contributed by atoms with Crippen molar-refractivity contribution in [3.8, 4) is 0 Å². The number of hydrogen-bond donors (Lipinski definition) is 1. The number of nitrogens with zero attached hydrogens (tertiary/aromatic N) is 2. The van der Waals surface area contributed by atoms with Crippen LogP contribution in [0, 0.1) is 19.8 Å². The lowest BCUT2D eigenvalue weighted by Crippen LogP contribution is -2.40. The van der Waals surface area contributed by atoms with Crippen molar-refractivity contribution < 1.29 is 14.0 Å². The smallest absolute Gasteiger partial charge is 0.239 e. The van der Waals surface area contributed by atoms with Gasteiger partial charge in [0.05, 0.1) is 12.3 Å². The fourth-order valence-corrected chi connectivity index (χ4v) is 3.41. The van der Waals surface area contributed by atoms with E-state index < -0.39 is 5.92 Å². The number of nitrogens with one attached hydrogen (secondary N) is 1. The van der Waals surface area contributed by atoms with Crippen molar-refractivity contribution in [3.63, 3.8) is 0 Å². The third kappa shape index (κ3) is 4.06. The minimum atomic E-state index is -0.633. The van der Waals surface area contributed by atoms with E-state index in [0.717, 1.165) is 17.0 Å². The van der Waals surface area contributed by atoms with E-state index >= 15 is 0 Å². The summed E-state index contributed by atoms with van der Waals surface area (Å²) in [6.45, 7) is 5.03. The minimum Gasteiger partial charge on any atom is -0.468 e. The number of likely N-dealkylation sites (N-methyl/N-ethyl adjacent to an activating group) is 1. The lowest BCUT2D eigenvalue weighted by molar-refractivity contribution is -0.132. The third-order valence-electron chi connectivity index (χ3n) is 5.29. The van der Waals surface area contributed by atoms with E-state index in [4.69, 9.17) is 4.42 Å². The Balaban J connectivity index is 1.64. The molecular formula is C21H27N3O3. The molecule has 0 radical (unpaired) electrons. The number of hydrogen-bond acceptors (Lipinski definition) is 4. The van der Waals surface area contributed by atoms with E-state index in [1.807, 2.05) is 63.2 Å². The number of carbonyl (C=O) groups excluding carboxylic acids is 2. The Bertz CT molecular complexity index is 814. The monoisotopic (exact) mass is 369 g/mol. The molecule has 2 amide bonds. The molecule has 0 aliphatic carbocycles. The molecule has 2 unspecified atom stereocenters. The molecule has 6 heteroatoms. The molecule has 1 N–H and O–H groups in total. The van der Waals surface area contributed by atoms with Gasteiger partial charge >= 0.3 is 0 Å². The quantitative estimate of drug-likeness (QED) is 0.795. The second-order valence-corrected chi connectivity index (χ2v) is 7.34. The van der Waals surface area contributed by atoms with Crippen molar-refractivity contribution in [2.24, 2.45) is 5.92 Å². The van der Waals surface area contributed by atoms with Crippen molar-refractivity contribution in [1.82, 2.24) is 10.2 Å². The molecule has 1 fully saturated rings. The Kier molecular flexibility index (Phi) is 5.65. The van der Waals surface area contributed by atoms with Crippen LogP contribution >= 0.6 is 0 Å². The molecule has 2 heterocycles. The zero-order chi connectivity index (χ0) is 19.6. The summed E-state index contributed by atoms with van der Waals surface area (Å²) in [4.78, 5) is 29.1. The van der Waals surface area contributed by atoms with Crippen LogP contribution in [0.4, 0.5) is 5.69 Å². The van der Waals surface area contributed by atoms with Crippen molar-refractivity contribution in [3.05, 3.63) is 53.5 Å². The van der Waals surface area contributed by atoms with Crippen molar-refractivity contribution in [2.75, 3.05) is 32.1 Å². The number of amides is 2. The molecule has 3 rings (SSSR count). The van der Waals surface area contributed by atoms with Gasteiger partial charge in [0, 0.05) is 18.8 Å². The zero-order valence-corrected chi connectivity index (χ0v) is 16.4. The summed E-state index contributed by atoms with van der Waals surface area (Å²) in [6.07, 6.45) is 2.15. The van der Waals surface area contributed by atoms with Crippen LogP contribution in [0.3, 0.4) is 0 Å². The molecule has 1 aliphatic rings. The average molecular weight is 369 g/mol. The number of carbonyl (C=O) groups is 2. The van der Waals surface area contributed by atoms with Crippen LogP contribution in [0.5, 0.6) is 0 Å². The van der Waals surface area contributed by atoms with Crippen molar-refractivity contribution >= 4 is 17.5 Å². The molecule has 2 atom stereocenters. The molecule has 1 aliphatic heterocycles. The first kappa shape index (κ1) is 19.2. The normalized spacial score (nSPS) is 18.2. The first-order valence-corrected chi connectivity index (χ1v) is 9.24. The Morgan fingerprint density at radius 1 is 1.30 bits per heavy atom. The number of benzene rings is 1. The number of furan rings is 1. The van der Waals surface area contributed by atoms with Gasteiger partial charge in [0.1, 0.15) is 11.7 Å². The summed E-state index contributed by atoms with van der Waals surface area (Å²) in [5.74, 6) is -0.194. The topological polar surface area (TPSA) is 65.8 Å². The summed E-state index contributed by atoms with van der Waals surface area (Å²) in [6, 6.07) is 9.60.